The fourth-order valence-corrected chi connectivity index (χ4v) is 4.57. The van der Waals surface area contributed by atoms with Crippen molar-refractivity contribution in [1.82, 2.24) is 15.1 Å². The lowest BCUT2D eigenvalue weighted by Gasteiger charge is -2.45. The Hall–Kier alpha value is -0.660. The van der Waals surface area contributed by atoms with Crippen molar-refractivity contribution in [3.63, 3.8) is 0 Å². The Balaban J connectivity index is 2.09. The number of sulfone groups is 1. The molecule has 0 aromatic rings. The summed E-state index contributed by atoms with van der Waals surface area (Å²) in [5, 5.41) is 3.28. The van der Waals surface area contributed by atoms with Gasteiger partial charge in [-0.25, -0.2) is 8.42 Å². The molecule has 0 spiro atoms. The van der Waals surface area contributed by atoms with Gasteiger partial charge < -0.3 is 10.2 Å². The number of hydrogen-bond donors (Lipinski definition) is 1. The van der Waals surface area contributed by atoms with Crippen LogP contribution in [0.2, 0.25) is 0 Å². The van der Waals surface area contributed by atoms with Gasteiger partial charge in [0.05, 0.1) is 17.0 Å². The molecular formula is C13H25N3O3S. The van der Waals surface area contributed by atoms with E-state index in [1.165, 1.54) is 0 Å². The van der Waals surface area contributed by atoms with Crippen LogP contribution in [0.25, 0.3) is 0 Å². The summed E-state index contributed by atoms with van der Waals surface area (Å²) in [6.07, 6.45) is 0. The van der Waals surface area contributed by atoms with Crippen LogP contribution in [0, 0.1) is 0 Å². The van der Waals surface area contributed by atoms with Crippen LogP contribution in [-0.4, -0.2) is 79.9 Å². The molecule has 0 aliphatic carbocycles. The van der Waals surface area contributed by atoms with Crippen LogP contribution in [0.5, 0.6) is 0 Å². The molecule has 0 aromatic heterocycles. The molecule has 1 atom stereocenters. The van der Waals surface area contributed by atoms with Crippen molar-refractivity contribution in [2.45, 2.75) is 32.4 Å². The Labute approximate surface area is 121 Å². The first-order valence-corrected chi connectivity index (χ1v) is 9.03. The summed E-state index contributed by atoms with van der Waals surface area (Å²) < 4.78 is 23.2. The van der Waals surface area contributed by atoms with Gasteiger partial charge in [-0.15, -0.1) is 0 Å². The van der Waals surface area contributed by atoms with Crippen LogP contribution in [0.1, 0.15) is 20.8 Å². The molecule has 116 valence electrons. The summed E-state index contributed by atoms with van der Waals surface area (Å²) in [7, 11) is -2.99. The smallest absolute Gasteiger partial charge is 0.242 e. The van der Waals surface area contributed by atoms with Crippen molar-refractivity contribution in [1.29, 1.82) is 0 Å². The highest BCUT2D eigenvalue weighted by molar-refractivity contribution is 7.91. The molecular weight excluding hydrogens is 278 g/mol. The molecule has 0 bridgehead atoms. The first-order chi connectivity index (χ1) is 9.24. The summed E-state index contributed by atoms with van der Waals surface area (Å²) in [4.78, 5) is 16.7. The summed E-state index contributed by atoms with van der Waals surface area (Å²) in [6.45, 7) is 9.49. The van der Waals surface area contributed by atoms with Gasteiger partial charge in [0.2, 0.25) is 5.91 Å². The van der Waals surface area contributed by atoms with Gasteiger partial charge >= 0.3 is 0 Å². The normalized spacial score (nSPS) is 28.4. The Kier molecular flexibility index (Phi) is 4.41. The minimum absolute atomic E-state index is 0.0433. The van der Waals surface area contributed by atoms with Crippen molar-refractivity contribution in [3.05, 3.63) is 0 Å². The molecule has 1 amide bonds. The second-order valence-electron chi connectivity index (χ2n) is 6.26. The zero-order valence-corrected chi connectivity index (χ0v) is 13.4. The van der Waals surface area contributed by atoms with E-state index < -0.39 is 15.4 Å². The Morgan fingerprint density at radius 3 is 2.35 bits per heavy atom. The van der Waals surface area contributed by atoms with Crippen LogP contribution >= 0.6 is 0 Å². The second-order valence-corrected chi connectivity index (χ2v) is 8.49. The van der Waals surface area contributed by atoms with Crippen LogP contribution in [0.4, 0.5) is 0 Å². The third-order valence-corrected chi connectivity index (χ3v) is 6.16. The lowest BCUT2D eigenvalue weighted by Crippen LogP contribution is -2.63. The van der Waals surface area contributed by atoms with Crippen molar-refractivity contribution < 1.29 is 13.2 Å². The summed E-state index contributed by atoms with van der Waals surface area (Å²) in [6, 6.07) is -0.233. The van der Waals surface area contributed by atoms with E-state index in [2.05, 4.69) is 10.2 Å². The Bertz CT molecular complexity index is 469. The quantitative estimate of drug-likeness (QED) is 0.732. The molecule has 2 aliphatic rings. The van der Waals surface area contributed by atoms with E-state index in [1.54, 1.807) is 4.90 Å². The zero-order valence-electron chi connectivity index (χ0n) is 12.6. The van der Waals surface area contributed by atoms with Crippen LogP contribution in [-0.2, 0) is 14.6 Å². The van der Waals surface area contributed by atoms with Crippen molar-refractivity contribution in [3.8, 4) is 0 Å². The molecule has 0 aromatic carbocycles. The molecule has 0 radical (unpaired) electrons. The molecule has 2 aliphatic heterocycles. The molecule has 6 nitrogen and oxygen atoms in total. The average molecular weight is 303 g/mol. The van der Waals surface area contributed by atoms with E-state index >= 15 is 0 Å². The topological polar surface area (TPSA) is 69.7 Å². The SMILES string of the molecule is CC1CS(=O)(=O)CCN1C(=O)C(C)(C)N1CCNCC1. The van der Waals surface area contributed by atoms with Gasteiger partial charge in [-0.05, 0) is 20.8 Å². The number of nitrogens with zero attached hydrogens (tertiary/aromatic N) is 2. The van der Waals surface area contributed by atoms with Gasteiger partial charge in [0, 0.05) is 38.8 Å². The van der Waals surface area contributed by atoms with Crippen molar-refractivity contribution >= 4 is 15.7 Å². The fraction of sp³-hybridized carbons (Fsp3) is 0.923. The van der Waals surface area contributed by atoms with Crippen LogP contribution in [0.3, 0.4) is 0 Å². The summed E-state index contributed by atoms with van der Waals surface area (Å²) in [5.41, 5.74) is -0.572. The fourth-order valence-electron chi connectivity index (χ4n) is 3.01. The molecule has 2 rings (SSSR count). The standard InChI is InChI=1S/C13H25N3O3S/c1-11-10-20(18,19)9-8-16(11)12(17)13(2,3)15-6-4-14-5-7-15/h11,14H,4-10H2,1-3H3. The molecule has 0 saturated carbocycles. The second kappa shape index (κ2) is 5.61. The molecule has 2 fully saturated rings. The molecule has 1 N–H and O–H groups in total. The van der Waals surface area contributed by atoms with Crippen LogP contribution < -0.4 is 5.32 Å². The summed E-state index contributed by atoms with van der Waals surface area (Å²) in [5.74, 6) is 0.207. The van der Waals surface area contributed by atoms with Crippen molar-refractivity contribution in [2.75, 3.05) is 44.2 Å². The number of hydrogen-bond acceptors (Lipinski definition) is 5. The van der Waals surface area contributed by atoms with E-state index in [-0.39, 0.29) is 23.5 Å². The number of nitrogens with one attached hydrogen (secondary N) is 1. The Morgan fingerprint density at radius 2 is 1.80 bits per heavy atom. The van der Waals surface area contributed by atoms with E-state index in [4.69, 9.17) is 0 Å². The first-order valence-electron chi connectivity index (χ1n) is 7.21. The molecule has 1 unspecified atom stereocenters. The highest BCUT2D eigenvalue weighted by atomic mass is 32.2. The van der Waals surface area contributed by atoms with Crippen molar-refractivity contribution in [2.24, 2.45) is 0 Å². The van der Waals surface area contributed by atoms with E-state index in [0.29, 0.717) is 6.54 Å². The maximum atomic E-state index is 12.8. The molecule has 7 heteroatoms. The minimum Gasteiger partial charge on any atom is -0.336 e. The minimum atomic E-state index is -2.99. The monoisotopic (exact) mass is 303 g/mol. The van der Waals surface area contributed by atoms with Gasteiger partial charge in [-0.1, -0.05) is 0 Å². The largest absolute Gasteiger partial charge is 0.336 e. The van der Waals surface area contributed by atoms with Gasteiger partial charge in [0.1, 0.15) is 0 Å². The van der Waals surface area contributed by atoms with E-state index in [9.17, 15) is 13.2 Å². The maximum Gasteiger partial charge on any atom is 0.242 e. The highest BCUT2D eigenvalue weighted by Gasteiger charge is 2.41. The molecule has 2 saturated heterocycles. The highest BCUT2D eigenvalue weighted by Crippen LogP contribution is 2.22. The number of carbonyl (C=O) groups is 1. The lowest BCUT2D eigenvalue weighted by molar-refractivity contribution is -0.144. The number of amides is 1. The predicted octanol–water partition coefficient (Wildman–Crippen LogP) is -0.684. The van der Waals surface area contributed by atoms with E-state index in [0.717, 1.165) is 26.2 Å². The average Bonchev–Trinajstić information content (AvgIpc) is 2.38. The number of rotatable bonds is 2. The van der Waals surface area contributed by atoms with Gasteiger partial charge in [-0.3, -0.25) is 9.69 Å². The third-order valence-electron chi connectivity index (χ3n) is 4.36. The first kappa shape index (κ1) is 15.7. The molecule has 20 heavy (non-hydrogen) atoms. The van der Waals surface area contributed by atoms with Gasteiger partial charge in [0.15, 0.2) is 9.84 Å². The lowest BCUT2D eigenvalue weighted by atomic mass is 9.98. The third kappa shape index (κ3) is 3.15. The molecule has 2 heterocycles. The number of piperazine rings is 1. The number of carbonyl (C=O) groups excluding carboxylic acids is 1. The van der Waals surface area contributed by atoms with Gasteiger partial charge in [0.25, 0.3) is 0 Å². The maximum absolute atomic E-state index is 12.8. The van der Waals surface area contributed by atoms with E-state index in [1.807, 2.05) is 20.8 Å². The van der Waals surface area contributed by atoms with Gasteiger partial charge in [-0.2, -0.15) is 0 Å². The zero-order chi connectivity index (χ0) is 15.0. The Morgan fingerprint density at radius 1 is 1.20 bits per heavy atom. The summed E-state index contributed by atoms with van der Waals surface area (Å²) >= 11 is 0. The van der Waals surface area contributed by atoms with Crippen LogP contribution in [0.15, 0.2) is 0 Å². The predicted molar refractivity (Wildman–Crippen MR) is 78.4 cm³/mol.